The molecule has 0 amide bonds. The van der Waals surface area contributed by atoms with Crippen LogP contribution < -0.4 is 5.32 Å². The van der Waals surface area contributed by atoms with Crippen LogP contribution in [0.15, 0.2) is 15.9 Å². The molecule has 1 aromatic rings. The summed E-state index contributed by atoms with van der Waals surface area (Å²) >= 11 is 3.53. The van der Waals surface area contributed by atoms with Crippen LogP contribution in [0.25, 0.3) is 0 Å². The lowest BCUT2D eigenvalue weighted by atomic mass is 9.82. The van der Waals surface area contributed by atoms with Crippen LogP contribution in [0.1, 0.15) is 39.0 Å². The first-order valence-corrected chi connectivity index (χ1v) is 8.26. The molecule has 0 radical (unpaired) electrons. The number of hydrogen-bond acceptors (Lipinski definition) is 5. The third kappa shape index (κ3) is 3.47. The van der Waals surface area contributed by atoms with Crippen molar-refractivity contribution in [3.8, 4) is 6.07 Å². The molecule has 3 nitrogen and oxygen atoms in total. The zero-order chi connectivity index (χ0) is 12.8. The highest BCUT2D eigenvalue weighted by Crippen LogP contribution is 2.38. The predicted molar refractivity (Wildman–Crippen MR) is 76.9 cm³/mol. The molecule has 18 heavy (non-hydrogen) atoms. The second-order valence-corrected chi connectivity index (χ2v) is 7.20. The average Bonchev–Trinajstić information content (AvgIpc) is 2.90. The molecule has 1 fully saturated rings. The first kappa shape index (κ1) is 13.9. The van der Waals surface area contributed by atoms with Crippen LogP contribution >= 0.6 is 23.1 Å². The smallest absolute Gasteiger partial charge is 0.150 e. The minimum Gasteiger partial charge on any atom is -0.299 e. The Morgan fingerprint density at radius 2 is 2.61 bits per heavy atom. The van der Waals surface area contributed by atoms with E-state index in [1.54, 1.807) is 11.3 Å². The third-order valence-corrected chi connectivity index (χ3v) is 5.50. The van der Waals surface area contributed by atoms with Gasteiger partial charge in [-0.05, 0) is 38.6 Å². The van der Waals surface area contributed by atoms with E-state index in [0.29, 0.717) is 5.25 Å². The van der Waals surface area contributed by atoms with E-state index < -0.39 is 0 Å². The van der Waals surface area contributed by atoms with Crippen LogP contribution in [0, 0.1) is 11.3 Å². The van der Waals surface area contributed by atoms with Gasteiger partial charge < -0.3 is 0 Å². The lowest BCUT2D eigenvalue weighted by Gasteiger charge is -2.35. The zero-order valence-electron chi connectivity index (χ0n) is 10.7. The second kappa shape index (κ2) is 6.55. The first-order chi connectivity index (χ1) is 8.78. The van der Waals surface area contributed by atoms with Crippen molar-refractivity contribution >= 4 is 23.1 Å². The van der Waals surface area contributed by atoms with Crippen molar-refractivity contribution in [1.82, 2.24) is 10.3 Å². The Labute approximate surface area is 117 Å². The number of thiazole rings is 1. The van der Waals surface area contributed by atoms with Crippen molar-refractivity contribution in [3.05, 3.63) is 11.6 Å². The standard InChI is InChI=1S/C13H19N3S2/c1-2-6-16-13(10-14)5-3-4-11(9-13)18-12-15-7-8-17-12/h7-8,11,16H,2-6,9H2,1H3. The van der Waals surface area contributed by atoms with E-state index in [4.69, 9.17) is 0 Å². The Morgan fingerprint density at radius 3 is 3.28 bits per heavy atom. The van der Waals surface area contributed by atoms with Crippen molar-refractivity contribution in [3.63, 3.8) is 0 Å². The van der Waals surface area contributed by atoms with E-state index in [9.17, 15) is 5.26 Å². The van der Waals surface area contributed by atoms with Crippen molar-refractivity contribution in [2.75, 3.05) is 6.54 Å². The van der Waals surface area contributed by atoms with Crippen LogP contribution in [-0.4, -0.2) is 22.3 Å². The number of aromatic nitrogens is 1. The summed E-state index contributed by atoms with van der Waals surface area (Å²) in [6.07, 6.45) is 7.18. The van der Waals surface area contributed by atoms with Gasteiger partial charge in [-0.15, -0.1) is 11.3 Å². The molecule has 2 rings (SSSR count). The van der Waals surface area contributed by atoms with Gasteiger partial charge in [0.25, 0.3) is 0 Å². The van der Waals surface area contributed by atoms with Crippen LogP contribution in [0.4, 0.5) is 0 Å². The molecule has 0 aliphatic heterocycles. The highest BCUT2D eigenvalue weighted by Gasteiger charge is 2.36. The molecule has 98 valence electrons. The molecule has 1 heterocycles. The molecule has 1 saturated carbocycles. The van der Waals surface area contributed by atoms with Crippen molar-refractivity contribution in [1.29, 1.82) is 5.26 Å². The van der Waals surface area contributed by atoms with Gasteiger partial charge in [-0.1, -0.05) is 18.7 Å². The number of thioether (sulfide) groups is 1. The maximum Gasteiger partial charge on any atom is 0.150 e. The molecular formula is C13H19N3S2. The molecule has 0 saturated heterocycles. The predicted octanol–water partition coefficient (Wildman–Crippen LogP) is 3.44. The van der Waals surface area contributed by atoms with Gasteiger partial charge in [-0.2, -0.15) is 5.26 Å². The molecule has 0 aromatic carbocycles. The van der Waals surface area contributed by atoms with Crippen LogP contribution in [-0.2, 0) is 0 Å². The lowest BCUT2D eigenvalue weighted by Crippen LogP contribution is -2.48. The normalized spacial score (nSPS) is 27.9. The number of nitriles is 1. The minimum atomic E-state index is -0.302. The molecular weight excluding hydrogens is 262 g/mol. The molecule has 0 spiro atoms. The fourth-order valence-electron chi connectivity index (χ4n) is 2.40. The fourth-order valence-corrected chi connectivity index (χ4v) is 4.62. The topological polar surface area (TPSA) is 48.7 Å². The maximum absolute atomic E-state index is 9.48. The Hall–Kier alpha value is -0.570. The third-order valence-electron chi connectivity index (χ3n) is 3.31. The van der Waals surface area contributed by atoms with E-state index >= 15 is 0 Å². The molecule has 2 atom stereocenters. The number of nitrogens with one attached hydrogen (secondary N) is 1. The second-order valence-electron chi connectivity index (χ2n) is 4.75. The van der Waals surface area contributed by atoms with E-state index in [1.165, 1.54) is 6.42 Å². The van der Waals surface area contributed by atoms with E-state index in [-0.39, 0.29) is 5.54 Å². The molecule has 2 unspecified atom stereocenters. The fraction of sp³-hybridized carbons (Fsp3) is 0.692. The van der Waals surface area contributed by atoms with Gasteiger partial charge in [0.15, 0.2) is 0 Å². The largest absolute Gasteiger partial charge is 0.299 e. The average molecular weight is 281 g/mol. The summed E-state index contributed by atoms with van der Waals surface area (Å²) in [5.41, 5.74) is -0.302. The van der Waals surface area contributed by atoms with Gasteiger partial charge in [0.1, 0.15) is 9.88 Å². The summed E-state index contributed by atoms with van der Waals surface area (Å²) in [6.45, 7) is 3.07. The van der Waals surface area contributed by atoms with Crippen molar-refractivity contribution in [2.45, 2.75) is 54.2 Å². The molecule has 5 heteroatoms. The summed E-state index contributed by atoms with van der Waals surface area (Å²) < 4.78 is 1.13. The highest BCUT2D eigenvalue weighted by molar-refractivity contribution is 8.01. The summed E-state index contributed by atoms with van der Waals surface area (Å²) in [5, 5.41) is 15.5. The summed E-state index contributed by atoms with van der Waals surface area (Å²) in [6, 6.07) is 2.52. The molecule has 0 bridgehead atoms. The molecule has 1 aliphatic carbocycles. The number of nitrogens with zero attached hydrogens (tertiary/aromatic N) is 2. The SMILES string of the molecule is CCCNC1(C#N)CCCC(Sc2nccs2)C1. The van der Waals surface area contributed by atoms with Gasteiger partial charge in [0.2, 0.25) is 0 Å². The first-order valence-electron chi connectivity index (χ1n) is 6.50. The quantitative estimate of drug-likeness (QED) is 0.898. The van der Waals surface area contributed by atoms with Crippen LogP contribution in [0.2, 0.25) is 0 Å². The zero-order valence-corrected chi connectivity index (χ0v) is 12.3. The molecule has 1 N–H and O–H groups in total. The Morgan fingerprint density at radius 1 is 1.72 bits per heavy atom. The van der Waals surface area contributed by atoms with Gasteiger partial charge in [-0.25, -0.2) is 4.98 Å². The van der Waals surface area contributed by atoms with Gasteiger partial charge in [0, 0.05) is 16.8 Å². The van der Waals surface area contributed by atoms with E-state index in [0.717, 1.165) is 36.6 Å². The minimum absolute atomic E-state index is 0.302. The molecule has 1 aromatic heterocycles. The van der Waals surface area contributed by atoms with Gasteiger partial charge in [0.05, 0.1) is 6.07 Å². The van der Waals surface area contributed by atoms with E-state index in [2.05, 4.69) is 23.3 Å². The number of rotatable bonds is 5. The van der Waals surface area contributed by atoms with E-state index in [1.807, 2.05) is 23.3 Å². The summed E-state index contributed by atoms with van der Waals surface area (Å²) in [5.74, 6) is 0. The van der Waals surface area contributed by atoms with Gasteiger partial charge >= 0.3 is 0 Å². The van der Waals surface area contributed by atoms with Crippen LogP contribution in [0.5, 0.6) is 0 Å². The monoisotopic (exact) mass is 281 g/mol. The highest BCUT2D eigenvalue weighted by atomic mass is 32.2. The lowest BCUT2D eigenvalue weighted by molar-refractivity contribution is 0.305. The Kier molecular flexibility index (Phi) is 5.04. The summed E-state index contributed by atoms with van der Waals surface area (Å²) in [4.78, 5) is 4.32. The summed E-state index contributed by atoms with van der Waals surface area (Å²) in [7, 11) is 0. The Bertz CT molecular complexity index is 399. The van der Waals surface area contributed by atoms with Crippen LogP contribution in [0.3, 0.4) is 0 Å². The number of hydrogen-bond donors (Lipinski definition) is 1. The van der Waals surface area contributed by atoms with Crippen molar-refractivity contribution in [2.24, 2.45) is 0 Å². The van der Waals surface area contributed by atoms with Gasteiger partial charge in [-0.3, -0.25) is 5.32 Å². The maximum atomic E-state index is 9.48. The van der Waals surface area contributed by atoms with Crippen molar-refractivity contribution < 1.29 is 0 Å². The molecule has 1 aliphatic rings. The Balaban J connectivity index is 1.96.